The fourth-order valence-electron chi connectivity index (χ4n) is 4.63. The van der Waals surface area contributed by atoms with E-state index in [1.165, 1.54) is 11.3 Å². The van der Waals surface area contributed by atoms with Crippen LogP contribution in [0, 0.1) is 5.92 Å². The van der Waals surface area contributed by atoms with Gasteiger partial charge in [0.05, 0.1) is 31.5 Å². The lowest BCUT2D eigenvalue weighted by molar-refractivity contribution is 0.0939. The minimum Gasteiger partial charge on any atom is -0.496 e. The number of imidazole rings is 1. The standard InChI is InChI=1S/C31H30N4O5S2/c1-16(2)27(36)18-7-9-19(10-8-18)29-32-23(28(41-29)17(3)4)15-39-24-11-20(37-5)12-25-21(24)13-26(40-25)22-14-35-30(33-22)42-31(34-35)38-6/h7-14,16-17H,15H2,1-6H3. The summed E-state index contributed by atoms with van der Waals surface area (Å²) < 4.78 is 25.0. The van der Waals surface area contributed by atoms with Gasteiger partial charge >= 0.3 is 0 Å². The van der Waals surface area contributed by atoms with Gasteiger partial charge in [-0.15, -0.1) is 16.4 Å². The number of fused-ring (bicyclic) bond motifs is 2. The van der Waals surface area contributed by atoms with E-state index in [-0.39, 0.29) is 24.2 Å². The number of benzene rings is 2. The summed E-state index contributed by atoms with van der Waals surface area (Å²) in [5, 5.41) is 6.59. The van der Waals surface area contributed by atoms with Gasteiger partial charge in [0.15, 0.2) is 11.5 Å². The first-order valence-electron chi connectivity index (χ1n) is 13.5. The van der Waals surface area contributed by atoms with Crippen molar-refractivity contribution in [2.75, 3.05) is 14.2 Å². The second kappa shape index (κ2) is 11.2. The van der Waals surface area contributed by atoms with E-state index in [0.717, 1.165) is 26.5 Å². The number of Topliss-reactive ketones (excluding diaryl/α,β-unsaturated/α-hetero) is 1. The summed E-state index contributed by atoms with van der Waals surface area (Å²) in [5.41, 5.74) is 3.85. The van der Waals surface area contributed by atoms with Gasteiger partial charge in [-0.1, -0.05) is 52.0 Å². The van der Waals surface area contributed by atoms with Crippen LogP contribution in [0.5, 0.6) is 16.7 Å². The Labute approximate surface area is 250 Å². The van der Waals surface area contributed by atoms with Crippen LogP contribution < -0.4 is 14.2 Å². The number of hydrogen-bond acceptors (Lipinski definition) is 10. The molecule has 0 spiro atoms. The van der Waals surface area contributed by atoms with Crippen LogP contribution in [0.15, 0.2) is 53.1 Å². The Morgan fingerprint density at radius 3 is 2.45 bits per heavy atom. The second-order valence-electron chi connectivity index (χ2n) is 10.4. The average molecular weight is 603 g/mol. The van der Waals surface area contributed by atoms with E-state index in [0.29, 0.717) is 44.3 Å². The highest BCUT2D eigenvalue weighted by molar-refractivity contribution is 7.18. The third kappa shape index (κ3) is 5.25. The normalized spacial score (nSPS) is 11.7. The second-order valence-corrected chi connectivity index (χ2v) is 12.4. The number of hydrogen-bond donors (Lipinski definition) is 0. The number of nitrogens with zero attached hydrogens (tertiary/aromatic N) is 4. The van der Waals surface area contributed by atoms with Gasteiger partial charge in [0.1, 0.15) is 34.4 Å². The van der Waals surface area contributed by atoms with E-state index in [4.69, 9.17) is 23.6 Å². The van der Waals surface area contributed by atoms with E-state index in [1.54, 1.807) is 36.3 Å². The summed E-state index contributed by atoms with van der Waals surface area (Å²) in [6, 6.07) is 13.3. The van der Waals surface area contributed by atoms with Crippen LogP contribution in [-0.4, -0.2) is 39.6 Å². The molecule has 2 aromatic carbocycles. The van der Waals surface area contributed by atoms with Crippen molar-refractivity contribution in [3.8, 4) is 38.7 Å². The minimum absolute atomic E-state index is 0.0423. The maximum absolute atomic E-state index is 12.4. The Bertz CT molecular complexity index is 1860. The highest BCUT2D eigenvalue weighted by Crippen LogP contribution is 2.39. The zero-order chi connectivity index (χ0) is 29.5. The number of furan rings is 1. The lowest BCUT2D eigenvalue weighted by Gasteiger charge is -2.10. The number of methoxy groups -OCH3 is 2. The molecule has 0 N–H and O–H groups in total. The van der Waals surface area contributed by atoms with Gasteiger partial charge in [-0.05, 0) is 23.3 Å². The molecule has 42 heavy (non-hydrogen) atoms. The fourth-order valence-corrected chi connectivity index (χ4v) is 6.40. The predicted molar refractivity (Wildman–Crippen MR) is 164 cm³/mol. The Kier molecular flexibility index (Phi) is 7.46. The molecule has 11 heteroatoms. The summed E-state index contributed by atoms with van der Waals surface area (Å²) in [4.78, 5) is 23.8. The van der Waals surface area contributed by atoms with Crippen molar-refractivity contribution in [1.82, 2.24) is 19.6 Å². The lowest BCUT2D eigenvalue weighted by Crippen LogP contribution is -2.06. The third-order valence-electron chi connectivity index (χ3n) is 6.82. The molecule has 216 valence electrons. The van der Waals surface area contributed by atoms with Crippen molar-refractivity contribution >= 4 is 44.4 Å². The van der Waals surface area contributed by atoms with Crippen molar-refractivity contribution in [2.45, 2.75) is 40.2 Å². The molecular formula is C31H30N4O5S2. The zero-order valence-corrected chi connectivity index (χ0v) is 25.8. The molecule has 6 rings (SSSR count). The topological polar surface area (TPSA) is 101 Å². The van der Waals surface area contributed by atoms with E-state index in [2.05, 4.69) is 23.9 Å². The van der Waals surface area contributed by atoms with Crippen LogP contribution in [0.4, 0.5) is 0 Å². The molecule has 0 saturated carbocycles. The number of thiazole rings is 1. The van der Waals surface area contributed by atoms with E-state index in [9.17, 15) is 4.79 Å². The first-order chi connectivity index (χ1) is 20.2. The molecule has 0 bridgehead atoms. The molecule has 0 atom stereocenters. The Hall–Kier alpha value is -4.22. The monoisotopic (exact) mass is 602 g/mol. The van der Waals surface area contributed by atoms with Crippen molar-refractivity contribution in [3.63, 3.8) is 0 Å². The first-order valence-corrected chi connectivity index (χ1v) is 15.2. The molecule has 0 fully saturated rings. The van der Waals surface area contributed by atoms with Gasteiger partial charge in [-0.2, -0.15) is 0 Å². The van der Waals surface area contributed by atoms with Crippen LogP contribution in [0.1, 0.15) is 54.5 Å². The van der Waals surface area contributed by atoms with Crippen molar-refractivity contribution in [2.24, 2.45) is 5.92 Å². The SMILES string of the molecule is COc1cc(OCc2nc(-c3ccc(C(=O)C(C)C)cc3)sc2C(C)C)c2cc(-c3cn4nc(OC)sc4n3)oc2c1. The van der Waals surface area contributed by atoms with Crippen molar-refractivity contribution in [3.05, 3.63) is 64.8 Å². The van der Waals surface area contributed by atoms with Crippen LogP contribution in [0.25, 0.3) is 38.0 Å². The number of ether oxygens (including phenoxy) is 3. The molecule has 4 heterocycles. The van der Waals surface area contributed by atoms with Crippen molar-refractivity contribution < 1.29 is 23.4 Å². The number of rotatable bonds is 10. The lowest BCUT2D eigenvalue weighted by atomic mass is 10.0. The van der Waals surface area contributed by atoms with E-state index in [1.807, 2.05) is 56.3 Å². The fraction of sp³-hybridized carbons (Fsp3) is 0.290. The molecule has 6 aromatic rings. The minimum atomic E-state index is -0.0423. The molecule has 0 aliphatic rings. The average Bonchev–Trinajstić information content (AvgIpc) is 3.76. The van der Waals surface area contributed by atoms with Crippen molar-refractivity contribution in [1.29, 1.82) is 0 Å². The van der Waals surface area contributed by atoms with E-state index >= 15 is 0 Å². The molecule has 0 aliphatic carbocycles. The Morgan fingerprint density at radius 1 is 1.00 bits per heavy atom. The first kappa shape index (κ1) is 27.9. The molecule has 0 amide bonds. The van der Waals surface area contributed by atoms with Crippen LogP contribution in [0.2, 0.25) is 0 Å². The smallest absolute Gasteiger partial charge is 0.294 e. The van der Waals surface area contributed by atoms with Gasteiger partial charge in [0, 0.05) is 34.1 Å². The van der Waals surface area contributed by atoms with Crippen LogP contribution in [-0.2, 0) is 6.61 Å². The van der Waals surface area contributed by atoms with Gasteiger partial charge in [-0.3, -0.25) is 4.79 Å². The van der Waals surface area contributed by atoms with Gasteiger partial charge in [-0.25, -0.2) is 14.5 Å². The number of carbonyl (C=O) groups is 1. The highest BCUT2D eigenvalue weighted by atomic mass is 32.1. The quantitative estimate of drug-likeness (QED) is 0.146. The van der Waals surface area contributed by atoms with Gasteiger partial charge in [0.25, 0.3) is 5.19 Å². The van der Waals surface area contributed by atoms with Gasteiger partial charge < -0.3 is 18.6 Å². The molecule has 0 aliphatic heterocycles. The zero-order valence-electron chi connectivity index (χ0n) is 24.1. The van der Waals surface area contributed by atoms with Crippen LogP contribution in [0.3, 0.4) is 0 Å². The summed E-state index contributed by atoms with van der Waals surface area (Å²) in [6.07, 6.45) is 1.81. The molecule has 0 radical (unpaired) electrons. The molecule has 0 saturated heterocycles. The van der Waals surface area contributed by atoms with Crippen LogP contribution >= 0.6 is 22.7 Å². The third-order valence-corrected chi connectivity index (χ3v) is 9.15. The predicted octanol–water partition coefficient (Wildman–Crippen LogP) is 7.89. The summed E-state index contributed by atoms with van der Waals surface area (Å²) in [6.45, 7) is 8.40. The molecular weight excluding hydrogens is 572 g/mol. The highest BCUT2D eigenvalue weighted by Gasteiger charge is 2.20. The number of carbonyl (C=O) groups excluding carboxylic acids is 1. The summed E-state index contributed by atoms with van der Waals surface area (Å²) in [5.74, 6) is 2.20. The molecule has 0 unspecified atom stereocenters. The molecule has 9 nitrogen and oxygen atoms in total. The maximum Gasteiger partial charge on any atom is 0.294 e. The summed E-state index contributed by atoms with van der Waals surface area (Å²) >= 11 is 3.00. The number of aromatic nitrogens is 4. The summed E-state index contributed by atoms with van der Waals surface area (Å²) in [7, 11) is 3.19. The Morgan fingerprint density at radius 2 is 1.79 bits per heavy atom. The van der Waals surface area contributed by atoms with Gasteiger partial charge in [0.2, 0.25) is 4.96 Å². The van der Waals surface area contributed by atoms with E-state index < -0.39 is 0 Å². The maximum atomic E-state index is 12.4. The Balaban J connectivity index is 1.29. The number of ketones is 1. The largest absolute Gasteiger partial charge is 0.496 e. The molecule has 4 aromatic heterocycles.